The number of hydrogen-bond donors (Lipinski definition) is 0. The van der Waals surface area contributed by atoms with E-state index >= 15 is 0 Å². The topological polar surface area (TPSA) is 35.5 Å². The van der Waals surface area contributed by atoms with Crippen molar-refractivity contribution in [2.24, 2.45) is 0 Å². The maximum absolute atomic E-state index is 11.7. The molecule has 1 aromatic carbocycles. The highest BCUT2D eigenvalue weighted by Gasteiger charge is 2.19. The molecule has 0 unspecified atom stereocenters. The molecule has 0 amide bonds. The van der Waals surface area contributed by atoms with Crippen LogP contribution in [-0.4, -0.2) is 11.8 Å². The van der Waals surface area contributed by atoms with Crippen LogP contribution in [0.2, 0.25) is 0 Å². The molecule has 0 atom stereocenters. The predicted octanol–water partition coefficient (Wildman–Crippen LogP) is 4.43. The van der Waals surface area contributed by atoms with Crippen LogP contribution in [0, 0.1) is 6.92 Å². The molecule has 1 aromatic rings. The van der Waals surface area contributed by atoms with Gasteiger partial charge in [-0.3, -0.25) is 0 Å². The summed E-state index contributed by atoms with van der Waals surface area (Å²) in [5.41, 5.74) is 3.02. The summed E-state index contributed by atoms with van der Waals surface area (Å²) < 4.78 is 10.5. The van der Waals surface area contributed by atoms with E-state index in [0.717, 1.165) is 18.4 Å². The average molecular weight is 264 g/mol. The van der Waals surface area contributed by atoms with Crippen LogP contribution >= 0.6 is 0 Å². The van der Waals surface area contributed by atoms with Crippen molar-refractivity contribution in [1.82, 2.24) is 0 Å². The minimum atomic E-state index is -0.647. The van der Waals surface area contributed by atoms with Crippen molar-refractivity contribution >= 4 is 6.16 Å². The van der Waals surface area contributed by atoms with Crippen LogP contribution in [0.5, 0.6) is 5.75 Å². The average Bonchev–Trinajstić information content (AvgIpc) is 2.27. The van der Waals surface area contributed by atoms with E-state index in [1.807, 2.05) is 32.9 Å². The van der Waals surface area contributed by atoms with E-state index < -0.39 is 11.8 Å². The number of rotatable bonds is 3. The second-order valence-corrected chi connectivity index (χ2v) is 5.60. The van der Waals surface area contributed by atoms with Crippen molar-refractivity contribution < 1.29 is 14.3 Å². The van der Waals surface area contributed by atoms with Gasteiger partial charge in [-0.25, -0.2) is 4.79 Å². The molecular weight excluding hydrogens is 240 g/mol. The Morgan fingerprint density at radius 3 is 2.26 bits per heavy atom. The third kappa shape index (κ3) is 4.27. The van der Waals surface area contributed by atoms with Gasteiger partial charge in [-0.15, -0.1) is 0 Å². The molecule has 0 N–H and O–H groups in total. The molecule has 0 heterocycles. The monoisotopic (exact) mass is 264 g/mol. The zero-order chi connectivity index (χ0) is 14.6. The van der Waals surface area contributed by atoms with E-state index in [9.17, 15) is 4.79 Å². The van der Waals surface area contributed by atoms with E-state index in [2.05, 4.69) is 20.8 Å². The lowest BCUT2D eigenvalue weighted by Gasteiger charge is -2.20. The molecule has 0 aliphatic rings. The van der Waals surface area contributed by atoms with E-state index in [1.54, 1.807) is 0 Å². The lowest BCUT2D eigenvalue weighted by Crippen LogP contribution is -2.26. The van der Waals surface area contributed by atoms with Crippen molar-refractivity contribution in [1.29, 1.82) is 0 Å². The fourth-order valence-electron chi connectivity index (χ4n) is 2.06. The molecule has 3 heteroatoms. The Morgan fingerprint density at radius 2 is 1.79 bits per heavy atom. The Morgan fingerprint density at radius 1 is 1.16 bits per heavy atom. The highest BCUT2D eigenvalue weighted by atomic mass is 16.7. The SMILES string of the molecule is CCc1ccc(OC(=O)OC(C)(C)C)c(CC)c1C. The number of carbonyl (C=O) groups is 1. The van der Waals surface area contributed by atoms with Crippen LogP contribution in [0.1, 0.15) is 51.3 Å². The highest BCUT2D eigenvalue weighted by Crippen LogP contribution is 2.27. The van der Waals surface area contributed by atoms with Gasteiger partial charge in [0.15, 0.2) is 0 Å². The second-order valence-electron chi connectivity index (χ2n) is 5.60. The quantitative estimate of drug-likeness (QED) is 0.598. The largest absolute Gasteiger partial charge is 0.514 e. The highest BCUT2D eigenvalue weighted by molar-refractivity contribution is 5.65. The third-order valence-electron chi connectivity index (χ3n) is 2.98. The number of carbonyl (C=O) groups excluding carboxylic acids is 1. The first-order valence-corrected chi connectivity index (χ1v) is 6.80. The van der Waals surface area contributed by atoms with E-state index in [0.29, 0.717) is 5.75 Å². The first-order valence-electron chi connectivity index (χ1n) is 6.80. The van der Waals surface area contributed by atoms with Gasteiger partial charge in [0.2, 0.25) is 0 Å². The molecule has 0 bridgehead atoms. The van der Waals surface area contributed by atoms with Gasteiger partial charge >= 0.3 is 6.16 Å². The van der Waals surface area contributed by atoms with Gasteiger partial charge in [0.25, 0.3) is 0 Å². The lowest BCUT2D eigenvalue weighted by atomic mass is 9.98. The molecule has 106 valence electrons. The van der Waals surface area contributed by atoms with Gasteiger partial charge in [0.05, 0.1) is 0 Å². The molecular formula is C16H24O3. The summed E-state index contributed by atoms with van der Waals surface area (Å²) in [6.45, 7) is 11.7. The molecule has 0 spiro atoms. The van der Waals surface area contributed by atoms with Gasteiger partial charge in [0, 0.05) is 0 Å². The molecule has 0 radical (unpaired) electrons. The first-order chi connectivity index (χ1) is 8.78. The Bertz CT molecular complexity index is 456. The number of ether oxygens (including phenoxy) is 2. The Hall–Kier alpha value is -1.51. The van der Waals surface area contributed by atoms with Crippen molar-refractivity contribution in [3.05, 3.63) is 28.8 Å². The van der Waals surface area contributed by atoms with E-state index in [-0.39, 0.29) is 0 Å². The van der Waals surface area contributed by atoms with Gasteiger partial charge in [-0.1, -0.05) is 19.9 Å². The molecule has 0 aliphatic heterocycles. The normalized spacial score (nSPS) is 11.3. The molecule has 1 rings (SSSR count). The standard InChI is InChI=1S/C16H24O3/c1-7-12-9-10-14(13(8-2)11(12)3)18-15(17)19-16(4,5)6/h9-10H,7-8H2,1-6H3. The minimum Gasteiger partial charge on any atom is -0.428 e. The summed E-state index contributed by atoms with van der Waals surface area (Å²) >= 11 is 0. The summed E-state index contributed by atoms with van der Waals surface area (Å²) in [5, 5.41) is 0. The summed E-state index contributed by atoms with van der Waals surface area (Å²) in [7, 11) is 0. The Balaban J connectivity index is 2.96. The van der Waals surface area contributed by atoms with Crippen LogP contribution in [0.4, 0.5) is 4.79 Å². The number of hydrogen-bond acceptors (Lipinski definition) is 3. The molecule has 0 aliphatic carbocycles. The number of aryl methyl sites for hydroxylation is 1. The van der Waals surface area contributed by atoms with Crippen molar-refractivity contribution in [2.75, 3.05) is 0 Å². The number of benzene rings is 1. The van der Waals surface area contributed by atoms with Crippen molar-refractivity contribution in [3.63, 3.8) is 0 Å². The summed E-state index contributed by atoms with van der Waals surface area (Å²) in [5.74, 6) is 0.603. The van der Waals surface area contributed by atoms with E-state index in [4.69, 9.17) is 9.47 Å². The zero-order valence-corrected chi connectivity index (χ0v) is 12.8. The van der Waals surface area contributed by atoms with Crippen LogP contribution in [-0.2, 0) is 17.6 Å². The van der Waals surface area contributed by atoms with Gasteiger partial charge in [-0.05, 0) is 63.3 Å². The molecule has 0 aromatic heterocycles. The maximum atomic E-state index is 11.7. The van der Waals surface area contributed by atoms with Crippen molar-refractivity contribution in [3.8, 4) is 5.75 Å². The van der Waals surface area contributed by atoms with Crippen LogP contribution < -0.4 is 4.74 Å². The Labute approximate surface area is 115 Å². The smallest absolute Gasteiger partial charge is 0.428 e. The summed E-state index contributed by atoms with van der Waals surface area (Å²) in [6.07, 6.45) is 1.16. The van der Waals surface area contributed by atoms with Gasteiger partial charge < -0.3 is 9.47 Å². The van der Waals surface area contributed by atoms with Crippen LogP contribution in [0.15, 0.2) is 12.1 Å². The Kier molecular flexibility index (Phi) is 4.98. The lowest BCUT2D eigenvalue weighted by molar-refractivity contribution is 0.0204. The zero-order valence-electron chi connectivity index (χ0n) is 12.8. The van der Waals surface area contributed by atoms with Gasteiger partial charge in [-0.2, -0.15) is 0 Å². The van der Waals surface area contributed by atoms with E-state index in [1.165, 1.54) is 11.1 Å². The molecule has 0 saturated heterocycles. The third-order valence-corrected chi connectivity index (χ3v) is 2.98. The minimum absolute atomic E-state index is 0.540. The molecule has 19 heavy (non-hydrogen) atoms. The fourth-order valence-corrected chi connectivity index (χ4v) is 2.06. The van der Waals surface area contributed by atoms with Gasteiger partial charge in [0.1, 0.15) is 11.4 Å². The molecule has 3 nitrogen and oxygen atoms in total. The summed E-state index contributed by atoms with van der Waals surface area (Å²) in [6, 6.07) is 3.86. The second kappa shape index (κ2) is 6.09. The van der Waals surface area contributed by atoms with Crippen LogP contribution in [0.3, 0.4) is 0 Å². The maximum Gasteiger partial charge on any atom is 0.514 e. The van der Waals surface area contributed by atoms with Crippen molar-refractivity contribution in [2.45, 2.75) is 60.0 Å². The first kappa shape index (κ1) is 15.5. The summed E-state index contributed by atoms with van der Waals surface area (Å²) in [4.78, 5) is 11.7. The molecule has 0 saturated carbocycles. The molecule has 0 fully saturated rings. The fraction of sp³-hybridized carbons (Fsp3) is 0.562. The van der Waals surface area contributed by atoms with Crippen LogP contribution in [0.25, 0.3) is 0 Å². The predicted molar refractivity (Wildman–Crippen MR) is 76.8 cm³/mol.